The summed E-state index contributed by atoms with van der Waals surface area (Å²) in [5.41, 5.74) is 2.09. The van der Waals surface area contributed by atoms with Gasteiger partial charge in [0.1, 0.15) is 6.61 Å². The summed E-state index contributed by atoms with van der Waals surface area (Å²) in [4.78, 5) is 16.6. The van der Waals surface area contributed by atoms with Crippen molar-refractivity contribution in [2.75, 3.05) is 13.2 Å². The van der Waals surface area contributed by atoms with Crippen molar-refractivity contribution in [3.63, 3.8) is 0 Å². The number of carbonyl (C=O) groups is 1. The lowest BCUT2D eigenvalue weighted by molar-refractivity contribution is -0.130. The number of nitrogens with one attached hydrogen (secondary N) is 1. The molecule has 4 rings (SSSR count). The van der Waals surface area contributed by atoms with Gasteiger partial charge in [-0.15, -0.1) is 0 Å². The molecule has 3 aromatic rings. The molecule has 0 bridgehead atoms. The molecule has 1 atom stereocenters. The molecule has 1 unspecified atom stereocenters. The summed E-state index contributed by atoms with van der Waals surface area (Å²) in [6, 6.07) is 15.4. The number of amides is 1. The third-order valence-electron chi connectivity index (χ3n) is 4.20. The minimum atomic E-state index is -0.607. The number of benzene rings is 2. The molecule has 0 saturated carbocycles. The van der Waals surface area contributed by atoms with Gasteiger partial charge in [-0.05, 0) is 30.7 Å². The zero-order chi connectivity index (χ0) is 17.1. The van der Waals surface area contributed by atoms with Gasteiger partial charge in [-0.25, -0.2) is 4.98 Å². The van der Waals surface area contributed by atoms with E-state index in [4.69, 9.17) is 9.47 Å². The zero-order valence-corrected chi connectivity index (χ0v) is 13.7. The highest BCUT2D eigenvalue weighted by Gasteiger charge is 2.26. The van der Waals surface area contributed by atoms with Gasteiger partial charge in [-0.2, -0.15) is 0 Å². The van der Waals surface area contributed by atoms with Gasteiger partial charge in [-0.3, -0.25) is 4.79 Å². The average molecular weight is 337 g/mol. The van der Waals surface area contributed by atoms with Crippen LogP contribution in [0.5, 0.6) is 11.5 Å². The topological polar surface area (TPSA) is 65.4 Å². The summed E-state index contributed by atoms with van der Waals surface area (Å²) >= 11 is 0. The van der Waals surface area contributed by atoms with Crippen LogP contribution in [-0.2, 0) is 11.3 Å². The van der Waals surface area contributed by atoms with Crippen LogP contribution < -0.4 is 14.8 Å². The second-order valence-corrected chi connectivity index (χ2v) is 5.94. The number of aryl methyl sites for hydroxylation is 1. The van der Waals surface area contributed by atoms with Crippen LogP contribution >= 0.6 is 0 Å². The summed E-state index contributed by atoms with van der Waals surface area (Å²) < 4.78 is 13.4. The Balaban J connectivity index is 1.27. The molecule has 6 heteroatoms. The molecule has 25 heavy (non-hydrogen) atoms. The summed E-state index contributed by atoms with van der Waals surface area (Å²) in [6.07, 6.45) is 2.04. The highest BCUT2D eigenvalue weighted by Crippen LogP contribution is 2.30. The van der Waals surface area contributed by atoms with E-state index in [1.54, 1.807) is 6.07 Å². The molecule has 1 aliphatic rings. The first-order valence-electron chi connectivity index (χ1n) is 8.37. The summed E-state index contributed by atoms with van der Waals surface area (Å²) in [7, 11) is 0. The predicted molar refractivity (Wildman–Crippen MR) is 93.7 cm³/mol. The lowest BCUT2D eigenvalue weighted by Crippen LogP contribution is -2.44. The van der Waals surface area contributed by atoms with E-state index < -0.39 is 6.10 Å². The van der Waals surface area contributed by atoms with E-state index >= 15 is 0 Å². The van der Waals surface area contributed by atoms with Crippen LogP contribution in [0.2, 0.25) is 0 Å². The lowest BCUT2D eigenvalue weighted by Gasteiger charge is -2.25. The van der Waals surface area contributed by atoms with E-state index in [1.807, 2.05) is 48.8 Å². The summed E-state index contributed by atoms with van der Waals surface area (Å²) in [6.45, 7) is 1.60. The van der Waals surface area contributed by atoms with Gasteiger partial charge in [0.15, 0.2) is 11.5 Å². The number of imidazole rings is 1. The molecule has 0 radical (unpaired) electrons. The van der Waals surface area contributed by atoms with Gasteiger partial charge in [0.05, 0.1) is 17.4 Å². The van der Waals surface area contributed by atoms with Gasteiger partial charge in [0, 0.05) is 13.1 Å². The highest BCUT2D eigenvalue weighted by atomic mass is 16.6. The molecule has 1 aliphatic heterocycles. The molecule has 0 fully saturated rings. The SMILES string of the molecule is O=C(NCCCn1cnc2ccccc21)C1COc2ccccc2O1. The zero-order valence-electron chi connectivity index (χ0n) is 13.7. The highest BCUT2D eigenvalue weighted by molar-refractivity contribution is 5.81. The Hall–Kier alpha value is -3.02. The maximum atomic E-state index is 12.2. The molecule has 1 amide bonds. The number of hydrogen-bond donors (Lipinski definition) is 1. The first-order chi connectivity index (χ1) is 12.3. The van der Waals surface area contributed by atoms with E-state index in [2.05, 4.69) is 14.9 Å². The van der Waals surface area contributed by atoms with Crippen LogP contribution in [0, 0.1) is 0 Å². The first-order valence-corrected chi connectivity index (χ1v) is 8.37. The van der Waals surface area contributed by atoms with Crippen LogP contribution in [-0.4, -0.2) is 34.7 Å². The van der Waals surface area contributed by atoms with Gasteiger partial charge in [0.2, 0.25) is 6.10 Å². The Labute approximate surface area is 145 Å². The quantitative estimate of drug-likeness (QED) is 0.726. The van der Waals surface area contributed by atoms with E-state index in [1.165, 1.54) is 0 Å². The van der Waals surface area contributed by atoms with Crippen molar-refractivity contribution >= 4 is 16.9 Å². The van der Waals surface area contributed by atoms with Crippen molar-refractivity contribution in [3.8, 4) is 11.5 Å². The largest absolute Gasteiger partial charge is 0.485 e. The summed E-state index contributed by atoms with van der Waals surface area (Å²) in [5, 5.41) is 2.92. The van der Waals surface area contributed by atoms with Crippen molar-refractivity contribution in [2.24, 2.45) is 0 Å². The van der Waals surface area contributed by atoms with E-state index in [-0.39, 0.29) is 12.5 Å². The predicted octanol–water partition coefficient (Wildman–Crippen LogP) is 2.38. The van der Waals surface area contributed by atoms with Crippen molar-refractivity contribution in [2.45, 2.75) is 19.1 Å². The van der Waals surface area contributed by atoms with Crippen LogP contribution in [0.15, 0.2) is 54.9 Å². The Kier molecular flexibility index (Phi) is 4.24. The minimum Gasteiger partial charge on any atom is -0.485 e. The second-order valence-electron chi connectivity index (χ2n) is 5.94. The van der Waals surface area contributed by atoms with Crippen LogP contribution in [0.4, 0.5) is 0 Å². The molecular formula is C19H19N3O3. The van der Waals surface area contributed by atoms with E-state index in [0.717, 1.165) is 24.0 Å². The molecule has 0 aliphatic carbocycles. The third-order valence-corrected chi connectivity index (χ3v) is 4.20. The minimum absolute atomic E-state index is 0.148. The molecule has 1 aromatic heterocycles. The number of para-hydroxylation sites is 4. The van der Waals surface area contributed by atoms with E-state index in [0.29, 0.717) is 18.0 Å². The lowest BCUT2D eigenvalue weighted by atomic mass is 10.2. The van der Waals surface area contributed by atoms with Crippen molar-refractivity contribution < 1.29 is 14.3 Å². The van der Waals surface area contributed by atoms with Gasteiger partial charge in [0.25, 0.3) is 5.91 Å². The van der Waals surface area contributed by atoms with Crippen LogP contribution in [0.1, 0.15) is 6.42 Å². The van der Waals surface area contributed by atoms with Crippen molar-refractivity contribution in [1.29, 1.82) is 0 Å². The molecule has 0 spiro atoms. The molecule has 6 nitrogen and oxygen atoms in total. The number of aromatic nitrogens is 2. The molecule has 0 saturated heterocycles. The Morgan fingerprint density at radius 2 is 1.96 bits per heavy atom. The smallest absolute Gasteiger partial charge is 0.264 e. The fourth-order valence-corrected chi connectivity index (χ4v) is 2.91. The summed E-state index contributed by atoms with van der Waals surface area (Å²) in [5.74, 6) is 1.14. The number of fused-ring (bicyclic) bond motifs is 2. The van der Waals surface area contributed by atoms with Gasteiger partial charge >= 0.3 is 0 Å². The Morgan fingerprint density at radius 3 is 2.88 bits per heavy atom. The molecule has 1 N–H and O–H groups in total. The molecule has 2 heterocycles. The number of carbonyl (C=O) groups excluding carboxylic acids is 1. The Bertz CT molecular complexity index is 890. The third kappa shape index (κ3) is 3.28. The van der Waals surface area contributed by atoms with Gasteiger partial charge in [-0.1, -0.05) is 24.3 Å². The van der Waals surface area contributed by atoms with Crippen molar-refractivity contribution in [3.05, 3.63) is 54.9 Å². The number of ether oxygens (including phenoxy) is 2. The number of rotatable bonds is 5. The normalized spacial score (nSPS) is 15.9. The second kappa shape index (κ2) is 6.84. The maximum absolute atomic E-state index is 12.2. The molecule has 128 valence electrons. The van der Waals surface area contributed by atoms with E-state index in [9.17, 15) is 4.79 Å². The molecular weight excluding hydrogens is 318 g/mol. The monoisotopic (exact) mass is 337 g/mol. The maximum Gasteiger partial charge on any atom is 0.264 e. The molecule has 2 aromatic carbocycles. The standard InChI is InChI=1S/C19H19N3O3/c23-19(18-12-24-16-8-3-4-9-17(16)25-18)20-10-5-11-22-13-21-14-6-1-2-7-15(14)22/h1-4,6-9,13,18H,5,10-12H2,(H,20,23). The first kappa shape index (κ1) is 15.5. The van der Waals surface area contributed by atoms with Crippen molar-refractivity contribution in [1.82, 2.24) is 14.9 Å². The fourth-order valence-electron chi connectivity index (χ4n) is 2.91. The van der Waals surface area contributed by atoms with Crippen LogP contribution in [0.25, 0.3) is 11.0 Å². The number of hydrogen-bond acceptors (Lipinski definition) is 4. The van der Waals surface area contributed by atoms with Crippen LogP contribution in [0.3, 0.4) is 0 Å². The average Bonchev–Trinajstić information content (AvgIpc) is 3.08. The Morgan fingerprint density at radius 1 is 1.16 bits per heavy atom. The fraction of sp³-hybridized carbons (Fsp3) is 0.263. The van der Waals surface area contributed by atoms with Gasteiger partial charge < -0.3 is 19.4 Å². The number of nitrogens with zero attached hydrogens (tertiary/aromatic N) is 2.